The molecule has 1 amide bonds. The maximum absolute atomic E-state index is 12.0. The SMILES string of the molecule is NC(CSC1=C(C(=O)O)N2C(=O)C[C@@H]2S1)C(=O)Oc1ccccc1. The van der Waals surface area contributed by atoms with Crippen LogP contribution in [0.5, 0.6) is 5.75 Å². The molecule has 2 heterocycles. The van der Waals surface area contributed by atoms with Crippen molar-refractivity contribution < 1.29 is 24.2 Å². The van der Waals surface area contributed by atoms with Gasteiger partial charge in [0.15, 0.2) is 5.70 Å². The van der Waals surface area contributed by atoms with E-state index in [9.17, 15) is 19.5 Å². The second-order valence-corrected chi connectivity index (χ2v) is 7.61. The molecule has 1 aromatic carbocycles. The molecule has 9 heteroatoms. The van der Waals surface area contributed by atoms with Gasteiger partial charge in [-0.25, -0.2) is 9.59 Å². The maximum Gasteiger partial charge on any atom is 0.354 e. The van der Waals surface area contributed by atoms with Crippen LogP contribution in [-0.2, 0) is 14.4 Å². The number of carbonyl (C=O) groups excluding carboxylic acids is 2. The van der Waals surface area contributed by atoms with Crippen LogP contribution in [0.1, 0.15) is 6.42 Å². The zero-order chi connectivity index (χ0) is 17.3. The van der Waals surface area contributed by atoms with Gasteiger partial charge in [0.05, 0.1) is 16.0 Å². The van der Waals surface area contributed by atoms with Crippen molar-refractivity contribution in [3.63, 3.8) is 0 Å². The first-order valence-electron chi connectivity index (χ1n) is 7.09. The Balaban J connectivity index is 1.60. The van der Waals surface area contributed by atoms with E-state index in [2.05, 4.69) is 0 Å². The number of rotatable bonds is 6. The number of para-hydroxylation sites is 1. The zero-order valence-corrected chi connectivity index (χ0v) is 14.0. The minimum absolute atomic E-state index is 0.0186. The van der Waals surface area contributed by atoms with Crippen molar-refractivity contribution in [3.05, 3.63) is 40.3 Å². The molecule has 126 valence electrons. The van der Waals surface area contributed by atoms with Crippen LogP contribution in [-0.4, -0.2) is 45.0 Å². The van der Waals surface area contributed by atoms with E-state index in [-0.39, 0.29) is 22.7 Å². The van der Waals surface area contributed by atoms with Crippen molar-refractivity contribution in [2.75, 3.05) is 5.75 Å². The van der Waals surface area contributed by atoms with Gasteiger partial charge < -0.3 is 15.6 Å². The van der Waals surface area contributed by atoms with Crippen molar-refractivity contribution in [2.45, 2.75) is 17.8 Å². The highest BCUT2D eigenvalue weighted by molar-refractivity contribution is 8.22. The molecule has 3 N–H and O–H groups in total. The van der Waals surface area contributed by atoms with E-state index in [1.54, 1.807) is 30.3 Å². The molecule has 1 saturated heterocycles. The minimum atomic E-state index is -1.15. The second-order valence-electron chi connectivity index (χ2n) is 5.13. The number of carboxylic acids is 1. The van der Waals surface area contributed by atoms with Crippen molar-refractivity contribution in [1.29, 1.82) is 0 Å². The molecule has 2 aliphatic heterocycles. The molecule has 0 radical (unpaired) electrons. The highest BCUT2D eigenvalue weighted by atomic mass is 32.2. The number of carboxylic acid groups (broad SMARTS) is 1. The molecule has 1 fully saturated rings. The first-order valence-corrected chi connectivity index (χ1v) is 8.95. The van der Waals surface area contributed by atoms with Crippen molar-refractivity contribution in [2.24, 2.45) is 5.73 Å². The standard InChI is InChI=1S/C15H14N2O5S2/c16-9(14(21)22-8-4-2-1-3-5-8)7-23-15-12(13(19)20)17-10(18)6-11(17)24-15/h1-5,9,11H,6-7,16H2,(H,19,20)/t9?,11-/m0/s1. The number of fused-ring (bicyclic) bond motifs is 1. The Labute approximate surface area is 146 Å². The van der Waals surface area contributed by atoms with Crippen LogP contribution >= 0.6 is 23.5 Å². The fourth-order valence-corrected chi connectivity index (χ4v) is 4.93. The number of thioether (sulfide) groups is 2. The highest BCUT2D eigenvalue weighted by Gasteiger charge is 2.48. The topological polar surface area (TPSA) is 110 Å². The number of esters is 1. The van der Waals surface area contributed by atoms with Crippen LogP contribution in [0.25, 0.3) is 0 Å². The number of benzene rings is 1. The zero-order valence-electron chi connectivity index (χ0n) is 12.4. The lowest BCUT2D eigenvalue weighted by molar-refractivity contribution is -0.145. The number of carbonyl (C=O) groups is 3. The van der Waals surface area contributed by atoms with Crippen molar-refractivity contribution >= 4 is 41.4 Å². The second kappa shape index (κ2) is 6.88. The van der Waals surface area contributed by atoms with Gasteiger partial charge in [-0.1, -0.05) is 30.0 Å². The fraction of sp³-hybridized carbons (Fsp3) is 0.267. The first kappa shape index (κ1) is 16.9. The van der Waals surface area contributed by atoms with E-state index in [1.165, 1.54) is 16.7 Å². The molecule has 7 nitrogen and oxygen atoms in total. The average Bonchev–Trinajstić information content (AvgIpc) is 2.86. The third-order valence-electron chi connectivity index (χ3n) is 3.44. The number of nitrogens with zero attached hydrogens (tertiary/aromatic N) is 1. The minimum Gasteiger partial charge on any atom is -0.477 e. The first-order chi connectivity index (χ1) is 11.5. The van der Waals surface area contributed by atoms with Gasteiger partial charge in [-0.05, 0) is 12.1 Å². The van der Waals surface area contributed by atoms with Gasteiger partial charge in [0, 0.05) is 5.75 Å². The summed E-state index contributed by atoms with van der Waals surface area (Å²) in [4.78, 5) is 36.1. The van der Waals surface area contributed by atoms with Gasteiger partial charge >= 0.3 is 11.9 Å². The largest absolute Gasteiger partial charge is 0.477 e. The van der Waals surface area contributed by atoms with Gasteiger partial charge in [-0.15, -0.1) is 11.8 Å². The number of ether oxygens (including phenoxy) is 1. The summed E-state index contributed by atoms with van der Waals surface area (Å²) in [5.74, 6) is -1.37. The number of hydrogen-bond donors (Lipinski definition) is 2. The molecular weight excluding hydrogens is 352 g/mol. The molecule has 1 unspecified atom stereocenters. The van der Waals surface area contributed by atoms with E-state index in [1.807, 2.05) is 0 Å². The van der Waals surface area contributed by atoms with E-state index >= 15 is 0 Å². The molecule has 1 aromatic rings. The lowest BCUT2D eigenvalue weighted by Gasteiger charge is -2.33. The predicted molar refractivity (Wildman–Crippen MR) is 90.0 cm³/mol. The van der Waals surface area contributed by atoms with E-state index < -0.39 is 18.0 Å². The lowest BCUT2D eigenvalue weighted by Crippen LogP contribution is -2.48. The quantitative estimate of drug-likeness (QED) is 0.439. The summed E-state index contributed by atoms with van der Waals surface area (Å²) in [6.07, 6.45) is 0.327. The third kappa shape index (κ3) is 3.28. The average molecular weight is 366 g/mol. The van der Waals surface area contributed by atoms with Crippen LogP contribution in [0.2, 0.25) is 0 Å². The molecule has 0 aromatic heterocycles. The van der Waals surface area contributed by atoms with Gasteiger partial charge in [0.25, 0.3) is 0 Å². The number of hydrogen-bond acceptors (Lipinski definition) is 7. The smallest absolute Gasteiger partial charge is 0.354 e. The molecule has 0 saturated carbocycles. The summed E-state index contributed by atoms with van der Waals surface area (Å²) in [7, 11) is 0. The number of β-lactam (4-membered cyclic amide) rings is 1. The summed E-state index contributed by atoms with van der Waals surface area (Å²) in [5, 5.41) is 9.14. The van der Waals surface area contributed by atoms with Gasteiger partial charge in [-0.3, -0.25) is 9.69 Å². The predicted octanol–water partition coefficient (Wildman–Crippen LogP) is 1.21. The monoisotopic (exact) mass is 366 g/mol. The van der Waals surface area contributed by atoms with Crippen LogP contribution in [0.15, 0.2) is 40.3 Å². The highest BCUT2D eigenvalue weighted by Crippen LogP contribution is 2.50. The van der Waals surface area contributed by atoms with Crippen LogP contribution in [0, 0.1) is 0 Å². The lowest BCUT2D eigenvalue weighted by atomic mass is 10.2. The van der Waals surface area contributed by atoms with Gasteiger partial charge in [0.1, 0.15) is 11.8 Å². The third-order valence-corrected chi connectivity index (χ3v) is 6.12. The number of aliphatic carboxylic acids is 1. The Kier molecular flexibility index (Phi) is 4.83. The molecule has 0 spiro atoms. The summed E-state index contributed by atoms with van der Waals surface area (Å²) in [6.45, 7) is 0. The number of nitrogens with two attached hydrogens (primary N) is 1. The van der Waals surface area contributed by atoms with Crippen LogP contribution in [0.4, 0.5) is 0 Å². The maximum atomic E-state index is 12.0. The molecule has 0 aliphatic carbocycles. The van der Waals surface area contributed by atoms with Crippen molar-refractivity contribution in [1.82, 2.24) is 4.90 Å². The molecule has 2 aliphatic rings. The molecule has 2 atom stereocenters. The molecule has 0 bridgehead atoms. The normalized spacial score (nSPS) is 20.5. The summed E-state index contributed by atoms with van der Waals surface area (Å²) in [5.41, 5.74) is 5.80. The fourth-order valence-electron chi connectivity index (χ4n) is 2.23. The molecule has 24 heavy (non-hydrogen) atoms. The van der Waals surface area contributed by atoms with E-state index in [0.717, 1.165) is 11.8 Å². The van der Waals surface area contributed by atoms with Crippen LogP contribution < -0.4 is 10.5 Å². The Hall–Kier alpha value is -1.97. The molecular formula is C15H14N2O5S2. The molecule has 3 rings (SSSR count). The van der Waals surface area contributed by atoms with E-state index in [4.69, 9.17) is 10.5 Å². The van der Waals surface area contributed by atoms with Crippen LogP contribution in [0.3, 0.4) is 0 Å². The Morgan fingerprint density at radius 3 is 2.75 bits per heavy atom. The van der Waals surface area contributed by atoms with E-state index in [0.29, 0.717) is 16.4 Å². The van der Waals surface area contributed by atoms with Gasteiger partial charge in [-0.2, -0.15) is 0 Å². The van der Waals surface area contributed by atoms with Crippen molar-refractivity contribution in [3.8, 4) is 5.75 Å². The number of amides is 1. The van der Waals surface area contributed by atoms with Gasteiger partial charge in [0.2, 0.25) is 5.91 Å². The Bertz CT molecular complexity index is 722. The Morgan fingerprint density at radius 1 is 1.42 bits per heavy atom. The summed E-state index contributed by atoms with van der Waals surface area (Å²) in [6, 6.07) is 7.67. The Morgan fingerprint density at radius 2 is 2.12 bits per heavy atom. The summed E-state index contributed by atoms with van der Waals surface area (Å²) < 4.78 is 5.66. The summed E-state index contributed by atoms with van der Waals surface area (Å²) >= 11 is 2.48.